The van der Waals surface area contributed by atoms with Crippen molar-refractivity contribution in [3.8, 4) is 11.7 Å². The van der Waals surface area contributed by atoms with E-state index in [-0.39, 0.29) is 5.95 Å². The van der Waals surface area contributed by atoms with Gasteiger partial charge in [-0.2, -0.15) is 15.1 Å². The number of benzene rings is 1. The average molecular weight is 379 g/mol. The Kier molecular flexibility index (Phi) is 6.01. The first-order chi connectivity index (χ1) is 13.6. The highest BCUT2D eigenvalue weighted by Gasteiger charge is 2.11. The molecule has 0 fully saturated rings. The summed E-state index contributed by atoms with van der Waals surface area (Å²) in [5, 5.41) is 4.32. The van der Waals surface area contributed by atoms with Gasteiger partial charge in [0.05, 0.1) is 18.5 Å². The van der Waals surface area contributed by atoms with Gasteiger partial charge in [-0.15, -0.1) is 0 Å². The van der Waals surface area contributed by atoms with E-state index in [4.69, 9.17) is 15.2 Å². The topological polar surface area (TPSA) is 105 Å². The summed E-state index contributed by atoms with van der Waals surface area (Å²) in [4.78, 5) is 19.8. The van der Waals surface area contributed by atoms with Gasteiger partial charge in [0.25, 0.3) is 0 Å². The van der Waals surface area contributed by atoms with Crippen LogP contribution in [0.3, 0.4) is 0 Å². The van der Waals surface area contributed by atoms with E-state index >= 15 is 0 Å². The largest absolute Gasteiger partial charge is 0.473 e. The van der Waals surface area contributed by atoms with Gasteiger partial charge in [-0.25, -0.2) is 9.48 Å². The van der Waals surface area contributed by atoms with E-state index in [9.17, 15) is 4.79 Å². The molecule has 2 aromatic heterocycles. The van der Waals surface area contributed by atoms with Gasteiger partial charge in [0.1, 0.15) is 6.61 Å². The molecule has 2 heterocycles. The molecule has 8 nitrogen and oxygen atoms in total. The van der Waals surface area contributed by atoms with Crippen LogP contribution < -0.4 is 10.5 Å². The normalized spacial score (nSPS) is 10.9. The number of rotatable bonds is 7. The molecule has 0 spiro atoms. The fourth-order valence-electron chi connectivity index (χ4n) is 2.51. The molecule has 3 rings (SSSR count). The van der Waals surface area contributed by atoms with Gasteiger partial charge in [-0.3, -0.25) is 0 Å². The van der Waals surface area contributed by atoms with E-state index < -0.39 is 5.97 Å². The number of hydrogen-bond acceptors (Lipinski definition) is 7. The summed E-state index contributed by atoms with van der Waals surface area (Å²) in [6.07, 6.45) is 4.64. The predicted molar refractivity (Wildman–Crippen MR) is 105 cm³/mol. The zero-order valence-corrected chi connectivity index (χ0v) is 15.7. The van der Waals surface area contributed by atoms with Crippen LogP contribution in [-0.2, 0) is 16.1 Å². The zero-order chi connectivity index (χ0) is 19.9. The average Bonchev–Trinajstić information content (AvgIpc) is 3.06. The summed E-state index contributed by atoms with van der Waals surface area (Å²) in [5.74, 6) is 0.505. The lowest BCUT2D eigenvalue weighted by Crippen LogP contribution is -2.07. The number of carbonyl (C=O) groups excluding carboxylic acids is 1. The molecule has 0 aliphatic carbocycles. The predicted octanol–water partition coefficient (Wildman–Crippen LogP) is 2.71. The molecule has 0 aliphatic heterocycles. The Morgan fingerprint density at radius 2 is 2.04 bits per heavy atom. The fraction of sp³-hybridized carbons (Fsp3) is 0.200. The van der Waals surface area contributed by atoms with Gasteiger partial charge in [0.2, 0.25) is 11.8 Å². The van der Waals surface area contributed by atoms with Crippen molar-refractivity contribution < 1.29 is 14.3 Å². The smallest absolute Gasteiger partial charge is 0.330 e. The summed E-state index contributed by atoms with van der Waals surface area (Å²) in [5.41, 5.74) is 8.40. The third-order valence-electron chi connectivity index (χ3n) is 3.89. The Labute approximate surface area is 162 Å². The van der Waals surface area contributed by atoms with Gasteiger partial charge in [-0.1, -0.05) is 30.3 Å². The molecule has 0 saturated carbocycles. The van der Waals surface area contributed by atoms with Crippen molar-refractivity contribution in [2.45, 2.75) is 20.5 Å². The van der Waals surface area contributed by atoms with Crippen molar-refractivity contribution in [1.82, 2.24) is 19.7 Å². The van der Waals surface area contributed by atoms with Gasteiger partial charge in [0.15, 0.2) is 5.82 Å². The Bertz CT molecular complexity index is 983. The first-order valence-electron chi connectivity index (χ1n) is 8.78. The molecule has 8 heteroatoms. The van der Waals surface area contributed by atoms with Crippen molar-refractivity contribution in [3.05, 3.63) is 65.5 Å². The number of nitrogen functional groups attached to an aromatic ring is 1. The molecular formula is C20H21N5O3. The fourth-order valence-corrected chi connectivity index (χ4v) is 2.51. The second-order valence-corrected chi connectivity index (χ2v) is 5.88. The SMILES string of the molecule is CCOC(=O)/C=C/c1cnn(-c2cc(OCc3ccccc3)nc(N)n2)c1C. The molecule has 2 N–H and O–H groups in total. The Morgan fingerprint density at radius 3 is 2.79 bits per heavy atom. The van der Waals surface area contributed by atoms with Crippen LogP contribution in [0.4, 0.5) is 5.95 Å². The van der Waals surface area contributed by atoms with E-state index in [1.807, 2.05) is 37.3 Å². The minimum Gasteiger partial charge on any atom is -0.473 e. The highest BCUT2D eigenvalue weighted by atomic mass is 16.5. The number of carbonyl (C=O) groups is 1. The van der Waals surface area contributed by atoms with E-state index in [2.05, 4.69) is 15.1 Å². The first kappa shape index (κ1) is 19.1. The van der Waals surface area contributed by atoms with Crippen LogP contribution in [0.15, 0.2) is 48.7 Å². The molecular weight excluding hydrogens is 358 g/mol. The Balaban J connectivity index is 1.80. The van der Waals surface area contributed by atoms with E-state index in [0.29, 0.717) is 24.9 Å². The highest BCUT2D eigenvalue weighted by Crippen LogP contribution is 2.19. The molecule has 0 atom stereocenters. The van der Waals surface area contributed by atoms with Crippen molar-refractivity contribution in [3.63, 3.8) is 0 Å². The third-order valence-corrected chi connectivity index (χ3v) is 3.89. The van der Waals surface area contributed by atoms with Crippen LogP contribution in [0.25, 0.3) is 11.9 Å². The number of anilines is 1. The number of esters is 1. The molecule has 0 radical (unpaired) electrons. The molecule has 144 valence electrons. The van der Waals surface area contributed by atoms with Crippen LogP contribution in [0.5, 0.6) is 5.88 Å². The number of nitrogens with two attached hydrogens (primary N) is 1. The van der Waals surface area contributed by atoms with Crippen LogP contribution in [0.1, 0.15) is 23.7 Å². The van der Waals surface area contributed by atoms with Crippen molar-refractivity contribution >= 4 is 18.0 Å². The molecule has 0 saturated heterocycles. The summed E-state index contributed by atoms with van der Waals surface area (Å²) in [6, 6.07) is 11.4. The molecule has 0 amide bonds. The molecule has 0 unspecified atom stereocenters. The van der Waals surface area contributed by atoms with Gasteiger partial charge in [0, 0.05) is 17.7 Å². The van der Waals surface area contributed by atoms with Crippen molar-refractivity contribution in [2.24, 2.45) is 0 Å². The molecule has 28 heavy (non-hydrogen) atoms. The Morgan fingerprint density at radius 1 is 1.25 bits per heavy atom. The highest BCUT2D eigenvalue weighted by molar-refractivity contribution is 5.87. The summed E-state index contributed by atoms with van der Waals surface area (Å²) >= 11 is 0. The molecule has 0 bridgehead atoms. The quantitative estimate of drug-likeness (QED) is 0.497. The second-order valence-electron chi connectivity index (χ2n) is 5.88. The summed E-state index contributed by atoms with van der Waals surface area (Å²) in [6.45, 7) is 4.31. The molecule has 3 aromatic rings. The van der Waals surface area contributed by atoms with E-state index in [1.165, 1.54) is 6.08 Å². The van der Waals surface area contributed by atoms with E-state index in [0.717, 1.165) is 16.8 Å². The van der Waals surface area contributed by atoms with Crippen molar-refractivity contribution in [2.75, 3.05) is 12.3 Å². The minimum absolute atomic E-state index is 0.0825. The van der Waals surface area contributed by atoms with Gasteiger partial charge >= 0.3 is 5.97 Å². The first-order valence-corrected chi connectivity index (χ1v) is 8.78. The van der Waals surface area contributed by atoms with Crippen LogP contribution in [0, 0.1) is 6.92 Å². The van der Waals surface area contributed by atoms with Gasteiger partial charge in [-0.05, 0) is 25.5 Å². The summed E-state index contributed by atoms with van der Waals surface area (Å²) in [7, 11) is 0. The number of aromatic nitrogens is 4. The summed E-state index contributed by atoms with van der Waals surface area (Å²) < 4.78 is 12.2. The number of ether oxygens (including phenoxy) is 2. The van der Waals surface area contributed by atoms with E-state index in [1.54, 1.807) is 29.9 Å². The van der Waals surface area contributed by atoms with Crippen LogP contribution in [-0.4, -0.2) is 32.3 Å². The van der Waals surface area contributed by atoms with Crippen LogP contribution >= 0.6 is 0 Å². The lowest BCUT2D eigenvalue weighted by molar-refractivity contribution is -0.137. The maximum absolute atomic E-state index is 11.5. The molecule has 1 aromatic carbocycles. The lowest BCUT2D eigenvalue weighted by atomic mass is 10.2. The third kappa shape index (κ3) is 4.73. The lowest BCUT2D eigenvalue weighted by Gasteiger charge is -2.09. The second kappa shape index (κ2) is 8.81. The number of hydrogen-bond donors (Lipinski definition) is 1. The van der Waals surface area contributed by atoms with Gasteiger partial charge < -0.3 is 15.2 Å². The zero-order valence-electron chi connectivity index (χ0n) is 15.7. The maximum atomic E-state index is 11.5. The standard InChI is InChI=1S/C20H21N5O3/c1-3-27-19(26)10-9-16-12-22-25(14(16)2)17-11-18(24-20(21)23-17)28-13-15-7-5-4-6-8-15/h4-12H,3,13H2,1-2H3,(H2,21,23,24)/b10-9+. The monoisotopic (exact) mass is 379 g/mol. The Hall–Kier alpha value is -3.68. The number of nitrogens with zero attached hydrogens (tertiary/aromatic N) is 4. The van der Waals surface area contributed by atoms with Crippen molar-refractivity contribution in [1.29, 1.82) is 0 Å². The maximum Gasteiger partial charge on any atom is 0.330 e. The molecule has 0 aliphatic rings. The minimum atomic E-state index is -0.405. The van der Waals surface area contributed by atoms with Crippen LogP contribution in [0.2, 0.25) is 0 Å².